The normalized spacial score (nSPS) is 14.9. The SMILES string of the molecule is CCOc1cc(N)c(C=[NH2+])cc1Nc1ncnc2sc3c(c12)CCC(NCC(=O)N(C)CCOC)C3. The van der Waals surface area contributed by atoms with Gasteiger partial charge >= 0.3 is 0 Å². The van der Waals surface area contributed by atoms with Crippen molar-refractivity contribution >= 4 is 50.9 Å². The number of nitrogens with two attached hydrogens (primary N) is 2. The minimum atomic E-state index is 0.0641. The minimum Gasteiger partial charge on any atom is -0.492 e. The largest absolute Gasteiger partial charge is 0.492 e. The molecule has 1 unspecified atom stereocenters. The van der Waals surface area contributed by atoms with Crippen molar-refractivity contribution in [3.63, 3.8) is 0 Å². The molecule has 6 N–H and O–H groups in total. The number of nitrogens with zero attached hydrogens (tertiary/aromatic N) is 3. The number of aryl methyl sites for hydroxylation is 1. The zero-order valence-corrected chi connectivity index (χ0v) is 21.8. The number of anilines is 3. The Morgan fingerprint density at radius 2 is 2.22 bits per heavy atom. The lowest BCUT2D eigenvalue weighted by atomic mass is 9.93. The van der Waals surface area contributed by atoms with Crippen molar-refractivity contribution in [1.82, 2.24) is 20.2 Å². The molecule has 4 rings (SSSR count). The van der Waals surface area contributed by atoms with E-state index in [1.54, 1.807) is 42.8 Å². The number of aromatic nitrogens is 2. The average Bonchev–Trinajstić information content (AvgIpc) is 3.26. The molecule has 11 heteroatoms. The number of nitrogen functional groups attached to an aromatic ring is 1. The monoisotopic (exact) mass is 512 g/mol. The van der Waals surface area contributed by atoms with Crippen LogP contribution in [-0.2, 0) is 22.4 Å². The van der Waals surface area contributed by atoms with Crippen LogP contribution in [-0.4, -0.2) is 73.5 Å². The van der Waals surface area contributed by atoms with Crippen molar-refractivity contribution in [2.45, 2.75) is 32.2 Å². The van der Waals surface area contributed by atoms with Crippen LogP contribution in [0.4, 0.5) is 17.2 Å². The maximum Gasteiger partial charge on any atom is 0.236 e. The Bertz CT molecular complexity index is 1250. The van der Waals surface area contributed by atoms with E-state index in [1.807, 2.05) is 13.0 Å². The molecule has 1 aromatic carbocycles. The molecule has 0 spiro atoms. The first kappa shape index (κ1) is 25.8. The summed E-state index contributed by atoms with van der Waals surface area (Å²) in [5, 5.41) is 13.7. The zero-order chi connectivity index (χ0) is 25.7. The molecule has 1 aliphatic carbocycles. The summed E-state index contributed by atoms with van der Waals surface area (Å²) in [6, 6.07) is 3.88. The molecule has 2 heterocycles. The van der Waals surface area contributed by atoms with Crippen LogP contribution in [0, 0.1) is 0 Å². The van der Waals surface area contributed by atoms with Gasteiger partial charge in [0.15, 0.2) is 6.21 Å². The zero-order valence-electron chi connectivity index (χ0n) is 21.0. The van der Waals surface area contributed by atoms with Gasteiger partial charge in [-0.3, -0.25) is 10.2 Å². The minimum absolute atomic E-state index is 0.0641. The number of likely N-dealkylation sites (N-methyl/N-ethyl adjacent to an activating group) is 1. The van der Waals surface area contributed by atoms with Gasteiger partial charge in [0.1, 0.15) is 22.7 Å². The molecule has 1 amide bonds. The number of nitrogens with one attached hydrogen (secondary N) is 2. The third-order valence-electron chi connectivity index (χ3n) is 6.36. The first-order valence-electron chi connectivity index (χ1n) is 12.0. The number of thiophene rings is 1. The molecule has 0 aliphatic heterocycles. The summed E-state index contributed by atoms with van der Waals surface area (Å²) in [4.78, 5) is 25.4. The van der Waals surface area contributed by atoms with E-state index in [1.165, 1.54) is 16.7 Å². The van der Waals surface area contributed by atoms with Crippen LogP contribution >= 0.6 is 11.3 Å². The van der Waals surface area contributed by atoms with Gasteiger partial charge < -0.3 is 30.7 Å². The van der Waals surface area contributed by atoms with Crippen LogP contribution in [0.3, 0.4) is 0 Å². The Kier molecular flexibility index (Phi) is 8.34. The molecular weight excluding hydrogens is 478 g/mol. The van der Waals surface area contributed by atoms with Crippen LogP contribution < -0.4 is 26.5 Å². The number of benzene rings is 1. The summed E-state index contributed by atoms with van der Waals surface area (Å²) in [6.45, 7) is 3.86. The fourth-order valence-electron chi connectivity index (χ4n) is 4.36. The predicted molar refractivity (Wildman–Crippen MR) is 143 cm³/mol. The predicted octanol–water partition coefficient (Wildman–Crippen LogP) is 1.15. The smallest absolute Gasteiger partial charge is 0.236 e. The lowest BCUT2D eigenvalue weighted by Crippen LogP contribution is -2.42. The standard InChI is InChI=1S/C25H33N7O3S/c1-4-35-20-11-18(27)15(12-26)9-19(20)31-24-23-17-6-5-16(10-21(17)36-25(23)30-14-29-24)28-13-22(33)32(2)7-8-34-3/h9,11-12,14,16,26,28H,4-8,10,13,27H2,1-3H3,(H,29,30,31)/p+1. The maximum absolute atomic E-state index is 12.4. The summed E-state index contributed by atoms with van der Waals surface area (Å²) in [5.41, 5.74) is 9.38. The van der Waals surface area contributed by atoms with E-state index in [9.17, 15) is 4.79 Å². The fraction of sp³-hybridized carbons (Fsp3) is 0.440. The van der Waals surface area contributed by atoms with Crippen molar-refractivity contribution in [3.05, 3.63) is 34.5 Å². The average molecular weight is 513 g/mol. The topological polar surface area (TPSA) is 140 Å². The Hall–Kier alpha value is -3.28. The molecule has 192 valence electrons. The van der Waals surface area contributed by atoms with Crippen LogP contribution in [0.2, 0.25) is 0 Å². The van der Waals surface area contributed by atoms with Gasteiger partial charge in [-0.15, -0.1) is 11.3 Å². The number of methoxy groups -OCH3 is 1. The molecule has 0 saturated carbocycles. The first-order valence-corrected chi connectivity index (χ1v) is 12.9. The highest BCUT2D eigenvalue weighted by atomic mass is 32.1. The van der Waals surface area contributed by atoms with E-state index in [2.05, 4.69) is 20.6 Å². The van der Waals surface area contributed by atoms with Crippen LogP contribution in [0.25, 0.3) is 10.2 Å². The van der Waals surface area contributed by atoms with Crippen molar-refractivity contribution in [2.24, 2.45) is 0 Å². The van der Waals surface area contributed by atoms with E-state index >= 15 is 0 Å². The molecule has 1 aliphatic rings. The quantitative estimate of drug-likeness (QED) is 0.222. The van der Waals surface area contributed by atoms with E-state index in [-0.39, 0.29) is 11.9 Å². The number of hydrogen-bond donors (Lipinski definition) is 4. The fourth-order valence-corrected chi connectivity index (χ4v) is 5.62. The van der Waals surface area contributed by atoms with Gasteiger partial charge in [0.25, 0.3) is 0 Å². The van der Waals surface area contributed by atoms with Crippen molar-refractivity contribution in [2.75, 3.05) is 51.5 Å². The molecule has 10 nitrogen and oxygen atoms in total. The molecule has 36 heavy (non-hydrogen) atoms. The third kappa shape index (κ3) is 5.58. The van der Waals surface area contributed by atoms with Gasteiger partial charge in [-0.05, 0) is 37.8 Å². The highest BCUT2D eigenvalue weighted by Gasteiger charge is 2.26. The second kappa shape index (κ2) is 11.6. The summed E-state index contributed by atoms with van der Waals surface area (Å²) >= 11 is 1.68. The summed E-state index contributed by atoms with van der Waals surface area (Å²) < 4.78 is 10.9. The number of ether oxygens (including phenoxy) is 2. The Balaban J connectivity index is 1.54. The number of rotatable bonds is 11. The van der Waals surface area contributed by atoms with Crippen molar-refractivity contribution in [1.29, 1.82) is 0 Å². The molecule has 0 saturated heterocycles. The lowest BCUT2D eigenvalue weighted by molar-refractivity contribution is -0.129. The van der Waals surface area contributed by atoms with Gasteiger partial charge in [0.05, 0.1) is 36.4 Å². The number of amides is 1. The van der Waals surface area contributed by atoms with Gasteiger partial charge in [-0.25, -0.2) is 9.97 Å². The lowest BCUT2D eigenvalue weighted by Gasteiger charge is -2.25. The van der Waals surface area contributed by atoms with E-state index in [0.717, 1.165) is 46.5 Å². The van der Waals surface area contributed by atoms with E-state index < -0.39 is 0 Å². The van der Waals surface area contributed by atoms with Gasteiger partial charge in [0.2, 0.25) is 5.91 Å². The van der Waals surface area contributed by atoms with E-state index in [0.29, 0.717) is 37.7 Å². The highest BCUT2D eigenvalue weighted by Crippen LogP contribution is 2.40. The molecule has 0 radical (unpaired) electrons. The maximum atomic E-state index is 12.4. The van der Waals surface area contributed by atoms with Crippen LogP contribution in [0.1, 0.15) is 29.3 Å². The molecule has 2 aromatic heterocycles. The van der Waals surface area contributed by atoms with Crippen LogP contribution in [0.15, 0.2) is 18.5 Å². The second-order valence-corrected chi connectivity index (χ2v) is 9.82. The number of carbonyl (C=O) groups is 1. The third-order valence-corrected chi connectivity index (χ3v) is 7.52. The summed E-state index contributed by atoms with van der Waals surface area (Å²) in [6.07, 6.45) is 5.71. The van der Waals surface area contributed by atoms with Crippen LogP contribution in [0.5, 0.6) is 5.75 Å². The molecule has 0 fully saturated rings. The first-order chi connectivity index (χ1) is 17.4. The number of hydrogen-bond acceptors (Lipinski definition) is 9. The molecule has 1 atom stereocenters. The summed E-state index contributed by atoms with van der Waals surface area (Å²) in [7, 11) is 3.43. The van der Waals surface area contributed by atoms with Gasteiger partial charge in [-0.1, -0.05) is 0 Å². The van der Waals surface area contributed by atoms with Gasteiger partial charge in [-0.2, -0.15) is 0 Å². The Morgan fingerprint density at radius 3 is 2.97 bits per heavy atom. The Morgan fingerprint density at radius 1 is 1.39 bits per heavy atom. The van der Waals surface area contributed by atoms with E-state index in [4.69, 9.17) is 20.6 Å². The van der Waals surface area contributed by atoms with Crippen molar-refractivity contribution < 1.29 is 19.7 Å². The van der Waals surface area contributed by atoms with Crippen molar-refractivity contribution in [3.8, 4) is 5.75 Å². The highest BCUT2D eigenvalue weighted by molar-refractivity contribution is 7.19. The molecule has 0 bridgehead atoms. The molecule has 3 aromatic rings. The summed E-state index contributed by atoms with van der Waals surface area (Å²) in [5.74, 6) is 1.43. The van der Waals surface area contributed by atoms with Gasteiger partial charge in [0, 0.05) is 43.4 Å². The number of carbonyl (C=O) groups excluding carboxylic acids is 1. The second-order valence-electron chi connectivity index (χ2n) is 8.74. The number of fused-ring (bicyclic) bond motifs is 3. The Labute approximate surface area is 214 Å². The molecular formula is C25H34N7O3S+.